The Kier molecular flexibility index (Phi) is 4.20. The number of benzene rings is 1. The van der Waals surface area contributed by atoms with E-state index < -0.39 is 0 Å². The second-order valence-electron chi connectivity index (χ2n) is 5.27. The van der Waals surface area contributed by atoms with Crippen LogP contribution in [0, 0.1) is 0 Å². The van der Waals surface area contributed by atoms with Gasteiger partial charge in [-0.3, -0.25) is 4.79 Å². The molecule has 1 aliphatic rings. The van der Waals surface area contributed by atoms with Crippen molar-refractivity contribution in [1.82, 2.24) is 15.5 Å². The molecule has 1 aliphatic heterocycles. The molecular weight excluding hydrogens is 290 g/mol. The number of rotatable bonds is 4. The highest BCUT2D eigenvalue weighted by Crippen LogP contribution is 2.15. The predicted octanol–water partition coefficient (Wildman–Crippen LogP) is 2.53. The largest absolute Gasteiger partial charge is 0.353 e. The van der Waals surface area contributed by atoms with Crippen molar-refractivity contribution < 1.29 is 9.32 Å². The number of carbonyl (C=O) groups excluding carboxylic acids is 1. The van der Waals surface area contributed by atoms with Crippen molar-refractivity contribution in [2.75, 3.05) is 0 Å². The van der Waals surface area contributed by atoms with Crippen LogP contribution in [0.2, 0.25) is 5.02 Å². The van der Waals surface area contributed by atoms with Gasteiger partial charge in [0.15, 0.2) is 5.82 Å². The summed E-state index contributed by atoms with van der Waals surface area (Å²) in [6, 6.07) is 7.68. The number of halogens is 1. The molecule has 1 aromatic heterocycles. The van der Waals surface area contributed by atoms with Crippen molar-refractivity contribution in [2.24, 2.45) is 0 Å². The molecule has 110 valence electrons. The van der Waals surface area contributed by atoms with Crippen LogP contribution in [0.4, 0.5) is 0 Å². The average molecular weight is 306 g/mol. The van der Waals surface area contributed by atoms with Crippen LogP contribution in [0.25, 0.3) is 0 Å². The number of hydrogen-bond acceptors (Lipinski definition) is 4. The van der Waals surface area contributed by atoms with E-state index in [0.29, 0.717) is 36.0 Å². The van der Waals surface area contributed by atoms with Crippen LogP contribution in [-0.2, 0) is 17.6 Å². The lowest BCUT2D eigenvalue weighted by Crippen LogP contribution is -2.40. The van der Waals surface area contributed by atoms with Gasteiger partial charge in [0.25, 0.3) is 0 Å². The average Bonchev–Trinajstić information content (AvgIpc) is 2.89. The monoisotopic (exact) mass is 305 g/mol. The van der Waals surface area contributed by atoms with Crippen LogP contribution < -0.4 is 5.32 Å². The fourth-order valence-corrected chi connectivity index (χ4v) is 2.60. The molecule has 2 heterocycles. The SMILES string of the molecule is O=C1CCCC(Cc2nc(Cc3ccc(Cl)cc3)no2)N1. The predicted molar refractivity (Wildman–Crippen MR) is 78.0 cm³/mol. The van der Waals surface area contributed by atoms with Crippen molar-refractivity contribution >= 4 is 17.5 Å². The van der Waals surface area contributed by atoms with E-state index >= 15 is 0 Å². The molecule has 1 N–H and O–H groups in total. The van der Waals surface area contributed by atoms with Crippen LogP contribution in [0.3, 0.4) is 0 Å². The summed E-state index contributed by atoms with van der Waals surface area (Å²) in [5.74, 6) is 1.33. The van der Waals surface area contributed by atoms with Gasteiger partial charge in [-0.1, -0.05) is 28.9 Å². The molecule has 5 nitrogen and oxygen atoms in total. The summed E-state index contributed by atoms with van der Waals surface area (Å²) in [7, 11) is 0. The zero-order chi connectivity index (χ0) is 14.7. The quantitative estimate of drug-likeness (QED) is 0.942. The fraction of sp³-hybridized carbons (Fsp3) is 0.400. The Morgan fingerprint density at radius 3 is 2.90 bits per heavy atom. The van der Waals surface area contributed by atoms with Gasteiger partial charge in [-0.15, -0.1) is 0 Å². The highest BCUT2D eigenvalue weighted by molar-refractivity contribution is 6.30. The Balaban J connectivity index is 1.60. The zero-order valence-corrected chi connectivity index (χ0v) is 12.3. The molecule has 21 heavy (non-hydrogen) atoms. The molecular formula is C15H16ClN3O2. The zero-order valence-electron chi connectivity index (χ0n) is 11.5. The smallest absolute Gasteiger partial charge is 0.228 e. The lowest BCUT2D eigenvalue weighted by Gasteiger charge is -2.21. The molecule has 0 aliphatic carbocycles. The lowest BCUT2D eigenvalue weighted by atomic mass is 10.0. The van der Waals surface area contributed by atoms with Gasteiger partial charge >= 0.3 is 0 Å². The third-order valence-corrected chi connectivity index (χ3v) is 3.78. The van der Waals surface area contributed by atoms with Crippen LogP contribution >= 0.6 is 11.6 Å². The third kappa shape index (κ3) is 3.82. The second kappa shape index (κ2) is 6.26. The topological polar surface area (TPSA) is 68.0 Å². The maximum Gasteiger partial charge on any atom is 0.228 e. The molecule has 1 fully saturated rings. The number of nitrogens with zero attached hydrogens (tertiary/aromatic N) is 2. The highest BCUT2D eigenvalue weighted by atomic mass is 35.5. The fourth-order valence-electron chi connectivity index (χ4n) is 2.47. The van der Waals surface area contributed by atoms with Gasteiger partial charge in [0.05, 0.1) is 0 Å². The Bertz CT molecular complexity index is 624. The number of hydrogen-bond donors (Lipinski definition) is 1. The van der Waals surface area contributed by atoms with Gasteiger partial charge in [0, 0.05) is 30.3 Å². The van der Waals surface area contributed by atoms with Crippen molar-refractivity contribution in [1.29, 1.82) is 0 Å². The number of amides is 1. The Morgan fingerprint density at radius 1 is 1.33 bits per heavy atom. The Labute approximate surface area is 127 Å². The number of carbonyl (C=O) groups is 1. The molecule has 3 rings (SSSR count). The number of piperidine rings is 1. The van der Waals surface area contributed by atoms with Gasteiger partial charge in [-0.2, -0.15) is 4.98 Å². The number of aromatic nitrogens is 2. The summed E-state index contributed by atoms with van der Waals surface area (Å²) < 4.78 is 5.26. The van der Waals surface area contributed by atoms with Gasteiger partial charge in [-0.25, -0.2) is 0 Å². The first-order valence-electron chi connectivity index (χ1n) is 7.04. The number of nitrogens with one attached hydrogen (secondary N) is 1. The summed E-state index contributed by atoms with van der Waals surface area (Å²) in [4.78, 5) is 15.7. The van der Waals surface area contributed by atoms with Crippen LogP contribution in [-0.4, -0.2) is 22.1 Å². The summed E-state index contributed by atoms with van der Waals surface area (Å²) in [6.07, 6.45) is 3.70. The first-order chi connectivity index (χ1) is 10.2. The maximum atomic E-state index is 11.3. The van der Waals surface area contributed by atoms with Crippen LogP contribution in [0.15, 0.2) is 28.8 Å². The van der Waals surface area contributed by atoms with Crippen LogP contribution in [0.1, 0.15) is 36.5 Å². The summed E-state index contributed by atoms with van der Waals surface area (Å²) in [5.41, 5.74) is 1.08. The molecule has 0 spiro atoms. The van der Waals surface area contributed by atoms with Gasteiger partial charge in [-0.05, 0) is 30.5 Å². The minimum atomic E-state index is 0.104. The van der Waals surface area contributed by atoms with E-state index in [1.807, 2.05) is 24.3 Å². The lowest BCUT2D eigenvalue weighted by molar-refractivity contribution is -0.123. The van der Waals surface area contributed by atoms with Gasteiger partial charge in [0.2, 0.25) is 11.8 Å². The van der Waals surface area contributed by atoms with E-state index in [4.69, 9.17) is 16.1 Å². The second-order valence-corrected chi connectivity index (χ2v) is 5.70. The van der Waals surface area contributed by atoms with Crippen molar-refractivity contribution in [3.05, 3.63) is 46.6 Å². The van der Waals surface area contributed by atoms with E-state index in [9.17, 15) is 4.79 Å². The first kappa shape index (κ1) is 14.1. The maximum absolute atomic E-state index is 11.3. The minimum absolute atomic E-state index is 0.104. The Hall–Kier alpha value is -1.88. The normalized spacial score (nSPS) is 18.5. The molecule has 0 bridgehead atoms. The van der Waals surface area contributed by atoms with E-state index in [1.165, 1.54) is 0 Å². The molecule has 1 atom stereocenters. The molecule has 1 unspecified atom stereocenters. The molecule has 1 amide bonds. The summed E-state index contributed by atoms with van der Waals surface area (Å²) in [5, 5.41) is 7.64. The standard InChI is InChI=1S/C15H16ClN3O2/c16-11-6-4-10(5-7-11)8-13-18-15(21-19-13)9-12-2-1-3-14(20)17-12/h4-7,12H,1-3,8-9H2,(H,17,20). The van der Waals surface area contributed by atoms with E-state index in [-0.39, 0.29) is 11.9 Å². The summed E-state index contributed by atoms with van der Waals surface area (Å²) >= 11 is 5.85. The summed E-state index contributed by atoms with van der Waals surface area (Å²) in [6.45, 7) is 0. The van der Waals surface area contributed by atoms with Crippen molar-refractivity contribution in [3.63, 3.8) is 0 Å². The van der Waals surface area contributed by atoms with Crippen LogP contribution in [0.5, 0.6) is 0 Å². The Morgan fingerprint density at radius 2 is 2.14 bits per heavy atom. The van der Waals surface area contributed by atoms with E-state index in [1.54, 1.807) is 0 Å². The van der Waals surface area contributed by atoms with E-state index in [2.05, 4.69) is 15.5 Å². The molecule has 0 radical (unpaired) electrons. The molecule has 6 heteroatoms. The van der Waals surface area contributed by atoms with E-state index in [0.717, 1.165) is 18.4 Å². The highest BCUT2D eigenvalue weighted by Gasteiger charge is 2.20. The minimum Gasteiger partial charge on any atom is -0.353 e. The third-order valence-electron chi connectivity index (χ3n) is 3.53. The van der Waals surface area contributed by atoms with Crippen molar-refractivity contribution in [2.45, 2.75) is 38.1 Å². The van der Waals surface area contributed by atoms with Gasteiger partial charge < -0.3 is 9.84 Å². The first-order valence-corrected chi connectivity index (χ1v) is 7.42. The molecule has 1 aromatic carbocycles. The molecule has 0 saturated carbocycles. The molecule has 1 saturated heterocycles. The van der Waals surface area contributed by atoms with Crippen molar-refractivity contribution in [3.8, 4) is 0 Å². The molecule has 2 aromatic rings. The van der Waals surface area contributed by atoms with Gasteiger partial charge in [0.1, 0.15) is 0 Å².